The first-order chi connectivity index (χ1) is 17.9. The molecule has 9 nitrogen and oxygen atoms in total. The summed E-state index contributed by atoms with van der Waals surface area (Å²) >= 11 is 0. The Morgan fingerprint density at radius 1 is 1.29 bits per heavy atom. The highest BCUT2D eigenvalue weighted by Crippen LogP contribution is 2.30. The highest BCUT2D eigenvalue weighted by molar-refractivity contribution is 6.83. The molecule has 1 saturated heterocycles. The lowest BCUT2D eigenvalue weighted by Crippen LogP contribution is -2.29. The minimum atomic E-state index is -1.65. The molecule has 204 valence electrons. The van der Waals surface area contributed by atoms with Gasteiger partial charge in [0.25, 0.3) is 5.91 Å². The number of nitriles is 1. The molecule has 2 heterocycles. The van der Waals surface area contributed by atoms with Crippen molar-refractivity contribution in [3.8, 4) is 23.3 Å². The van der Waals surface area contributed by atoms with Crippen LogP contribution in [0.15, 0.2) is 24.4 Å². The van der Waals surface area contributed by atoms with Gasteiger partial charge < -0.3 is 25.3 Å². The third-order valence-electron chi connectivity index (χ3n) is 5.94. The van der Waals surface area contributed by atoms with Gasteiger partial charge >= 0.3 is 0 Å². The van der Waals surface area contributed by atoms with Crippen LogP contribution in [0.2, 0.25) is 45.3 Å². The molecule has 38 heavy (non-hydrogen) atoms. The molecule has 1 unspecified atom stereocenters. The van der Waals surface area contributed by atoms with Crippen LogP contribution >= 0.6 is 0 Å². The first-order valence-corrected chi connectivity index (χ1v) is 20.1. The monoisotopic (exact) mass is 553 g/mol. The van der Waals surface area contributed by atoms with Gasteiger partial charge in [0.2, 0.25) is 0 Å². The standard InChI is InChI=1S/C27H39N5O4Si2/c1-37(2,3)13-10-20-15-22(7-8-25(20)36-19-35-12-14-38(4,5)6)30-27-23(26(29)33)17-32(31-27)24-18-34-11-9-21(24)16-28/h7-8,15,17,21,24H,9,11-12,14,18-19H2,1-6H3,(H2,29,33)(H,30,31)/t21?,24-/m0/s1. The maximum atomic E-state index is 12.2. The zero-order chi connectivity index (χ0) is 27.9. The average molecular weight is 554 g/mol. The summed E-state index contributed by atoms with van der Waals surface area (Å²) in [4.78, 5) is 12.2. The Labute approximate surface area is 227 Å². The van der Waals surface area contributed by atoms with E-state index in [1.807, 2.05) is 18.2 Å². The molecule has 1 amide bonds. The molecule has 0 spiro atoms. The Kier molecular flexibility index (Phi) is 9.79. The summed E-state index contributed by atoms with van der Waals surface area (Å²) in [5.41, 5.74) is 10.7. The lowest BCUT2D eigenvalue weighted by atomic mass is 9.97. The van der Waals surface area contributed by atoms with Crippen LogP contribution in [0.25, 0.3) is 0 Å². The number of nitrogens with two attached hydrogens (primary N) is 1. The number of primary amides is 1. The normalized spacial score (nSPS) is 17.7. The molecule has 1 aliphatic heterocycles. The Hall–Kier alpha value is -3.10. The smallest absolute Gasteiger partial charge is 0.254 e. The van der Waals surface area contributed by atoms with E-state index in [4.69, 9.17) is 19.9 Å². The van der Waals surface area contributed by atoms with Crippen LogP contribution in [-0.2, 0) is 9.47 Å². The molecule has 11 heteroatoms. The number of nitrogens with zero attached hydrogens (tertiary/aromatic N) is 3. The SMILES string of the molecule is C[Si](C)(C)C#Cc1cc(Nc2nn([C@H]3COCCC3C#N)cc2C(N)=O)ccc1OCOCC[Si](C)(C)C. The molecule has 0 aliphatic carbocycles. The Morgan fingerprint density at radius 2 is 2.05 bits per heavy atom. The third-order valence-corrected chi connectivity index (χ3v) is 8.52. The summed E-state index contributed by atoms with van der Waals surface area (Å²) < 4.78 is 18.8. The van der Waals surface area contributed by atoms with Gasteiger partial charge in [-0.15, -0.1) is 5.54 Å². The van der Waals surface area contributed by atoms with Gasteiger partial charge in [0.05, 0.1) is 30.2 Å². The number of nitrogens with one attached hydrogen (secondary N) is 1. The lowest BCUT2D eigenvalue weighted by Gasteiger charge is -2.26. The molecule has 0 bridgehead atoms. The number of anilines is 2. The second kappa shape index (κ2) is 12.6. The van der Waals surface area contributed by atoms with E-state index in [1.165, 1.54) is 0 Å². The maximum Gasteiger partial charge on any atom is 0.254 e. The van der Waals surface area contributed by atoms with Crippen LogP contribution in [0.4, 0.5) is 11.5 Å². The van der Waals surface area contributed by atoms with Gasteiger partial charge in [-0.3, -0.25) is 9.48 Å². The topological polar surface area (TPSA) is 124 Å². The number of hydrogen-bond acceptors (Lipinski definition) is 7. The average Bonchev–Trinajstić information content (AvgIpc) is 3.26. The van der Waals surface area contributed by atoms with Crippen LogP contribution in [0.3, 0.4) is 0 Å². The number of benzene rings is 1. The number of carbonyl (C=O) groups excluding carboxylic acids is 1. The molecule has 1 aromatic heterocycles. The van der Waals surface area contributed by atoms with E-state index in [1.54, 1.807) is 10.9 Å². The van der Waals surface area contributed by atoms with Crippen molar-refractivity contribution in [2.24, 2.45) is 11.7 Å². The van der Waals surface area contributed by atoms with E-state index in [-0.39, 0.29) is 24.3 Å². The summed E-state index contributed by atoms with van der Waals surface area (Å²) in [7, 11) is -2.82. The molecule has 2 atom stereocenters. The van der Waals surface area contributed by atoms with E-state index in [0.717, 1.165) is 11.6 Å². The van der Waals surface area contributed by atoms with Crippen molar-refractivity contribution in [1.29, 1.82) is 5.26 Å². The molecule has 1 aromatic carbocycles. The van der Waals surface area contributed by atoms with E-state index < -0.39 is 22.1 Å². The highest BCUT2D eigenvalue weighted by Gasteiger charge is 2.29. The summed E-state index contributed by atoms with van der Waals surface area (Å²) in [5.74, 6) is 3.35. The third kappa shape index (κ3) is 8.74. The molecule has 2 aromatic rings. The van der Waals surface area contributed by atoms with Crippen LogP contribution in [0.1, 0.15) is 28.4 Å². The highest BCUT2D eigenvalue weighted by atomic mass is 28.3. The summed E-state index contributed by atoms with van der Waals surface area (Å²) in [6.45, 7) is 15.2. The summed E-state index contributed by atoms with van der Waals surface area (Å²) in [6.07, 6.45) is 2.19. The van der Waals surface area contributed by atoms with Crippen molar-refractivity contribution in [3.63, 3.8) is 0 Å². The van der Waals surface area contributed by atoms with Crippen molar-refractivity contribution >= 4 is 33.6 Å². The minimum absolute atomic E-state index is 0.151. The fourth-order valence-electron chi connectivity index (χ4n) is 3.73. The van der Waals surface area contributed by atoms with Crippen LogP contribution in [0, 0.1) is 28.7 Å². The van der Waals surface area contributed by atoms with E-state index in [0.29, 0.717) is 43.5 Å². The predicted octanol–water partition coefficient (Wildman–Crippen LogP) is 4.75. The number of amides is 1. The second-order valence-electron chi connectivity index (χ2n) is 11.7. The number of rotatable bonds is 10. The first-order valence-electron chi connectivity index (χ1n) is 12.9. The van der Waals surface area contributed by atoms with E-state index >= 15 is 0 Å². The molecule has 3 rings (SSSR count). The Balaban J connectivity index is 1.84. The van der Waals surface area contributed by atoms with Gasteiger partial charge in [-0.1, -0.05) is 45.2 Å². The van der Waals surface area contributed by atoms with Gasteiger partial charge in [0.15, 0.2) is 12.6 Å². The largest absolute Gasteiger partial charge is 0.466 e. The maximum absolute atomic E-state index is 12.2. The Morgan fingerprint density at radius 3 is 2.71 bits per heavy atom. The number of ether oxygens (including phenoxy) is 3. The molecule has 0 saturated carbocycles. The molecule has 3 N–H and O–H groups in total. The fraction of sp³-hybridized carbons (Fsp3) is 0.519. The molecular weight excluding hydrogens is 515 g/mol. The molecule has 1 fully saturated rings. The minimum Gasteiger partial charge on any atom is -0.466 e. The predicted molar refractivity (Wildman–Crippen MR) is 154 cm³/mol. The van der Waals surface area contributed by atoms with Crippen LogP contribution < -0.4 is 15.8 Å². The number of hydrogen-bond donors (Lipinski definition) is 2. The van der Waals surface area contributed by atoms with E-state index in [9.17, 15) is 10.1 Å². The van der Waals surface area contributed by atoms with Gasteiger partial charge in [-0.25, -0.2) is 0 Å². The van der Waals surface area contributed by atoms with Crippen molar-refractivity contribution < 1.29 is 19.0 Å². The lowest BCUT2D eigenvalue weighted by molar-refractivity contribution is 0.0219. The Bertz CT molecular complexity index is 1230. The van der Waals surface area contributed by atoms with Crippen LogP contribution in [-0.4, -0.2) is 58.4 Å². The van der Waals surface area contributed by atoms with Gasteiger partial charge in [-0.2, -0.15) is 10.4 Å². The molecule has 1 aliphatic rings. The van der Waals surface area contributed by atoms with Gasteiger partial charge in [0, 0.05) is 33.2 Å². The summed E-state index contributed by atoms with van der Waals surface area (Å²) in [6, 6.07) is 8.63. The fourth-order valence-corrected chi connectivity index (χ4v) is 5.00. The van der Waals surface area contributed by atoms with Crippen LogP contribution in [0.5, 0.6) is 5.75 Å². The van der Waals surface area contributed by atoms with Crippen molar-refractivity contribution in [1.82, 2.24) is 9.78 Å². The second-order valence-corrected chi connectivity index (χ2v) is 22.1. The molecular formula is C27H39N5O4Si2. The van der Waals surface area contributed by atoms with Gasteiger partial charge in [0.1, 0.15) is 19.4 Å². The number of aromatic nitrogens is 2. The quantitative estimate of drug-likeness (QED) is 0.188. The van der Waals surface area contributed by atoms with Crippen molar-refractivity contribution in [2.75, 3.05) is 31.9 Å². The summed E-state index contributed by atoms with van der Waals surface area (Å²) in [5, 5.41) is 17.3. The van der Waals surface area contributed by atoms with Crippen molar-refractivity contribution in [2.45, 2.75) is 57.8 Å². The zero-order valence-electron chi connectivity index (χ0n) is 23.3. The van der Waals surface area contributed by atoms with Gasteiger partial charge in [-0.05, 0) is 30.7 Å². The zero-order valence-corrected chi connectivity index (χ0v) is 25.3. The molecule has 0 radical (unpaired) electrons. The van der Waals surface area contributed by atoms with E-state index in [2.05, 4.69) is 67.2 Å². The van der Waals surface area contributed by atoms with Crippen molar-refractivity contribution in [3.05, 3.63) is 35.5 Å². The number of carbonyl (C=O) groups is 1. The first kappa shape index (κ1) is 29.5.